The van der Waals surface area contributed by atoms with Gasteiger partial charge in [0.05, 0.1) is 12.0 Å². The van der Waals surface area contributed by atoms with Crippen LogP contribution in [-0.4, -0.2) is 41.1 Å². The Bertz CT molecular complexity index is 592. The summed E-state index contributed by atoms with van der Waals surface area (Å²) in [7, 11) is 0. The van der Waals surface area contributed by atoms with Crippen LogP contribution in [0.25, 0.3) is 0 Å². The van der Waals surface area contributed by atoms with E-state index in [9.17, 15) is 19.5 Å². The van der Waals surface area contributed by atoms with Gasteiger partial charge < -0.3 is 14.6 Å². The first-order valence-electron chi connectivity index (χ1n) is 8.25. The number of esters is 2. The van der Waals surface area contributed by atoms with Crippen LogP contribution in [0, 0.1) is 11.8 Å². The second-order valence-electron chi connectivity index (χ2n) is 6.81. The van der Waals surface area contributed by atoms with Crippen LogP contribution in [0.1, 0.15) is 46.0 Å². The number of carbonyl (C=O) groups is 3. The number of ether oxygens (including phenoxy) is 2. The number of Topliss-reactive ketones (excluding diaryl/α,β-unsaturated/α-hetero) is 1. The number of unbranched alkanes of at least 4 members (excludes halogenated alkanes) is 2. The van der Waals surface area contributed by atoms with Gasteiger partial charge in [-0.1, -0.05) is 26.2 Å². The monoisotopic (exact) mass is 322 g/mol. The van der Waals surface area contributed by atoms with E-state index >= 15 is 0 Å². The van der Waals surface area contributed by atoms with Gasteiger partial charge in [0.25, 0.3) is 0 Å². The largest absolute Gasteiger partial charge is 0.457 e. The molecule has 0 aromatic rings. The number of cyclic esters (lactones) is 1. The third-order valence-electron chi connectivity index (χ3n) is 5.32. The van der Waals surface area contributed by atoms with Crippen molar-refractivity contribution in [1.29, 1.82) is 0 Å². The lowest BCUT2D eigenvalue weighted by Crippen LogP contribution is -2.48. The standard InChI is InChI=1S/C17H22O6/c1-3-4-5-6-11(18)13-10-7-9-8-22-15(20)12(9)14(19)17(10,2)23-16(13)21/h10-11,13,18H,3-8H2,1-2H3. The molecule has 0 aromatic carbocycles. The molecule has 1 fully saturated rings. The molecule has 23 heavy (non-hydrogen) atoms. The van der Waals surface area contributed by atoms with Gasteiger partial charge in [-0.25, -0.2) is 4.79 Å². The van der Waals surface area contributed by atoms with E-state index in [-0.39, 0.29) is 12.2 Å². The summed E-state index contributed by atoms with van der Waals surface area (Å²) in [4.78, 5) is 36.7. The number of hydrogen-bond donors (Lipinski definition) is 1. The second-order valence-corrected chi connectivity index (χ2v) is 6.81. The molecule has 1 aliphatic carbocycles. The van der Waals surface area contributed by atoms with Gasteiger partial charge in [0.2, 0.25) is 5.78 Å². The zero-order valence-electron chi connectivity index (χ0n) is 13.5. The van der Waals surface area contributed by atoms with Crippen molar-refractivity contribution in [3.63, 3.8) is 0 Å². The van der Waals surface area contributed by atoms with Crippen molar-refractivity contribution in [2.75, 3.05) is 6.61 Å². The molecule has 6 nitrogen and oxygen atoms in total. The molecule has 6 heteroatoms. The minimum absolute atomic E-state index is 0.0395. The first-order valence-corrected chi connectivity index (χ1v) is 8.25. The molecule has 0 aromatic heterocycles. The molecule has 0 saturated carbocycles. The highest BCUT2D eigenvalue weighted by molar-refractivity contribution is 6.23. The van der Waals surface area contributed by atoms with Crippen LogP contribution in [0.4, 0.5) is 0 Å². The Kier molecular flexibility index (Phi) is 4.04. The average molecular weight is 322 g/mol. The fraction of sp³-hybridized carbons (Fsp3) is 0.706. The Hall–Kier alpha value is -1.69. The lowest BCUT2D eigenvalue weighted by molar-refractivity contribution is -0.158. The van der Waals surface area contributed by atoms with Gasteiger partial charge in [-0.15, -0.1) is 0 Å². The van der Waals surface area contributed by atoms with E-state index in [2.05, 4.69) is 6.92 Å². The lowest BCUT2D eigenvalue weighted by Gasteiger charge is -2.34. The van der Waals surface area contributed by atoms with Crippen LogP contribution < -0.4 is 0 Å². The predicted molar refractivity (Wildman–Crippen MR) is 79.2 cm³/mol. The molecule has 3 aliphatic rings. The Morgan fingerprint density at radius 3 is 2.74 bits per heavy atom. The van der Waals surface area contributed by atoms with E-state index in [1.54, 1.807) is 6.92 Å². The second kappa shape index (κ2) is 5.74. The molecular weight excluding hydrogens is 300 g/mol. The molecule has 0 amide bonds. The molecule has 0 spiro atoms. The molecule has 1 saturated heterocycles. The quantitative estimate of drug-likeness (QED) is 0.466. The molecule has 1 N–H and O–H groups in total. The summed E-state index contributed by atoms with van der Waals surface area (Å²) in [5.41, 5.74) is -0.695. The minimum atomic E-state index is -1.37. The number of carbonyl (C=O) groups excluding carboxylic acids is 3. The molecule has 4 unspecified atom stereocenters. The van der Waals surface area contributed by atoms with E-state index in [1.165, 1.54) is 0 Å². The molecule has 2 aliphatic heterocycles. The summed E-state index contributed by atoms with van der Waals surface area (Å²) in [5.74, 6) is -2.81. The maximum atomic E-state index is 12.7. The molecule has 2 heterocycles. The van der Waals surface area contributed by atoms with Gasteiger partial charge in [0.1, 0.15) is 12.2 Å². The predicted octanol–water partition coefficient (Wildman–Crippen LogP) is 1.30. The minimum Gasteiger partial charge on any atom is -0.457 e. The van der Waals surface area contributed by atoms with E-state index in [0.717, 1.165) is 19.3 Å². The van der Waals surface area contributed by atoms with Crippen molar-refractivity contribution < 1.29 is 29.0 Å². The summed E-state index contributed by atoms with van der Waals surface area (Å²) < 4.78 is 10.3. The van der Waals surface area contributed by atoms with Crippen molar-refractivity contribution in [3.8, 4) is 0 Å². The van der Waals surface area contributed by atoms with E-state index < -0.39 is 41.3 Å². The molecule has 4 atom stereocenters. The molecule has 0 bridgehead atoms. The van der Waals surface area contributed by atoms with Crippen LogP contribution >= 0.6 is 0 Å². The van der Waals surface area contributed by atoms with Crippen molar-refractivity contribution in [2.24, 2.45) is 11.8 Å². The number of aliphatic hydroxyl groups is 1. The van der Waals surface area contributed by atoms with Crippen molar-refractivity contribution in [1.82, 2.24) is 0 Å². The van der Waals surface area contributed by atoms with Gasteiger partial charge in [-0.05, 0) is 25.3 Å². The van der Waals surface area contributed by atoms with Crippen molar-refractivity contribution in [2.45, 2.75) is 57.7 Å². The number of aliphatic hydroxyl groups excluding tert-OH is 1. The maximum absolute atomic E-state index is 12.7. The Balaban J connectivity index is 1.86. The van der Waals surface area contributed by atoms with Crippen LogP contribution in [-0.2, 0) is 23.9 Å². The number of hydrogen-bond acceptors (Lipinski definition) is 6. The van der Waals surface area contributed by atoms with Crippen LogP contribution in [0.3, 0.4) is 0 Å². The van der Waals surface area contributed by atoms with Gasteiger partial charge in [-0.2, -0.15) is 0 Å². The molecule has 126 valence electrons. The summed E-state index contributed by atoms with van der Waals surface area (Å²) in [6, 6.07) is 0. The van der Waals surface area contributed by atoms with Gasteiger partial charge in [0, 0.05) is 5.92 Å². The Morgan fingerprint density at radius 2 is 2.04 bits per heavy atom. The average Bonchev–Trinajstić information content (AvgIpc) is 2.98. The zero-order valence-corrected chi connectivity index (χ0v) is 13.5. The van der Waals surface area contributed by atoms with Gasteiger partial charge in [-0.3, -0.25) is 9.59 Å². The SMILES string of the molecule is CCCCCC(O)C1C(=O)OC2(C)C(=O)C3=C(COC3=O)CC12. The number of rotatable bonds is 5. The smallest absolute Gasteiger partial charge is 0.342 e. The molecule has 0 radical (unpaired) electrons. The van der Waals surface area contributed by atoms with Crippen LogP contribution in [0.2, 0.25) is 0 Å². The van der Waals surface area contributed by atoms with Crippen LogP contribution in [0.15, 0.2) is 11.1 Å². The lowest BCUT2D eigenvalue weighted by atomic mass is 9.68. The first kappa shape index (κ1) is 16.2. The highest BCUT2D eigenvalue weighted by atomic mass is 16.6. The van der Waals surface area contributed by atoms with E-state index in [0.29, 0.717) is 18.4 Å². The first-order chi connectivity index (χ1) is 10.9. The van der Waals surface area contributed by atoms with Gasteiger partial charge in [0.15, 0.2) is 5.60 Å². The Labute approximate surface area is 134 Å². The highest BCUT2D eigenvalue weighted by Gasteiger charge is 2.63. The molecule has 3 rings (SSSR count). The summed E-state index contributed by atoms with van der Waals surface area (Å²) >= 11 is 0. The van der Waals surface area contributed by atoms with Crippen molar-refractivity contribution >= 4 is 17.7 Å². The third-order valence-corrected chi connectivity index (χ3v) is 5.32. The number of fused-ring (bicyclic) bond motifs is 1. The van der Waals surface area contributed by atoms with E-state index in [4.69, 9.17) is 9.47 Å². The third kappa shape index (κ3) is 2.40. The topological polar surface area (TPSA) is 89.9 Å². The summed E-state index contributed by atoms with van der Waals surface area (Å²) in [6.45, 7) is 3.71. The fourth-order valence-corrected chi connectivity index (χ4v) is 3.97. The summed E-state index contributed by atoms with van der Waals surface area (Å²) in [5, 5.41) is 10.5. The number of ketones is 1. The van der Waals surface area contributed by atoms with E-state index in [1.807, 2.05) is 0 Å². The van der Waals surface area contributed by atoms with Gasteiger partial charge >= 0.3 is 11.9 Å². The highest BCUT2D eigenvalue weighted by Crippen LogP contribution is 2.49. The summed E-state index contributed by atoms with van der Waals surface area (Å²) in [6.07, 6.45) is 2.90. The Morgan fingerprint density at radius 1 is 1.30 bits per heavy atom. The van der Waals surface area contributed by atoms with Crippen LogP contribution in [0.5, 0.6) is 0 Å². The zero-order chi connectivity index (χ0) is 16.8. The van der Waals surface area contributed by atoms with Crippen molar-refractivity contribution in [3.05, 3.63) is 11.1 Å². The fourth-order valence-electron chi connectivity index (χ4n) is 3.97. The molecular formula is C17H22O6. The normalized spacial score (nSPS) is 34.1. The maximum Gasteiger partial charge on any atom is 0.342 e.